The van der Waals surface area contributed by atoms with Gasteiger partial charge in [0.15, 0.2) is 0 Å². The Labute approximate surface area is 114 Å². The molecule has 0 aliphatic carbocycles. The number of carbonyl (C=O) groups is 1. The summed E-state index contributed by atoms with van der Waals surface area (Å²) in [5.74, 6) is 0.720. The van der Waals surface area contributed by atoms with Crippen LogP contribution in [0.3, 0.4) is 0 Å². The van der Waals surface area contributed by atoms with Crippen LogP contribution in [-0.2, 0) is 11.8 Å². The summed E-state index contributed by atoms with van der Waals surface area (Å²) in [6.45, 7) is 2.55. The van der Waals surface area contributed by atoms with Crippen LogP contribution < -0.4 is 0 Å². The highest BCUT2D eigenvalue weighted by atomic mass is 16.5. The quantitative estimate of drug-likeness (QED) is 0.761. The van der Waals surface area contributed by atoms with E-state index >= 15 is 0 Å². The van der Waals surface area contributed by atoms with Crippen LogP contribution in [0.4, 0.5) is 0 Å². The fourth-order valence-electron chi connectivity index (χ4n) is 2.73. The van der Waals surface area contributed by atoms with Crippen LogP contribution in [0.2, 0.25) is 0 Å². The summed E-state index contributed by atoms with van der Waals surface area (Å²) in [6.07, 6.45) is 7.86. The number of likely N-dealkylation sites (tertiary alicyclic amines) is 1. The van der Waals surface area contributed by atoms with Gasteiger partial charge in [0.2, 0.25) is 0 Å². The SMILES string of the molecule is COCCCC1CCCN(C(=O)c2cncn2C)C1. The molecule has 1 amide bonds. The molecule has 0 radical (unpaired) electrons. The van der Waals surface area contributed by atoms with Crippen molar-refractivity contribution in [3.63, 3.8) is 0 Å². The maximum absolute atomic E-state index is 12.4. The Morgan fingerprint density at radius 2 is 2.42 bits per heavy atom. The average Bonchev–Trinajstić information content (AvgIpc) is 2.85. The highest BCUT2D eigenvalue weighted by Gasteiger charge is 2.25. The van der Waals surface area contributed by atoms with Crippen LogP contribution >= 0.6 is 0 Å². The lowest BCUT2D eigenvalue weighted by Crippen LogP contribution is -2.40. The van der Waals surface area contributed by atoms with Crippen LogP contribution in [0, 0.1) is 5.92 Å². The predicted molar refractivity (Wildman–Crippen MR) is 72.9 cm³/mol. The summed E-state index contributed by atoms with van der Waals surface area (Å²) in [7, 11) is 3.60. The fourth-order valence-corrected chi connectivity index (χ4v) is 2.73. The maximum Gasteiger partial charge on any atom is 0.272 e. The van der Waals surface area contributed by atoms with Gasteiger partial charge in [-0.1, -0.05) is 0 Å². The number of hydrogen-bond acceptors (Lipinski definition) is 3. The lowest BCUT2D eigenvalue weighted by molar-refractivity contribution is 0.0651. The van der Waals surface area contributed by atoms with Gasteiger partial charge in [-0.05, 0) is 31.6 Å². The second kappa shape index (κ2) is 6.70. The molecule has 5 nitrogen and oxygen atoms in total. The third-order valence-electron chi connectivity index (χ3n) is 3.80. The van der Waals surface area contributed by atoms with Gasteiger partial charge in [0.05, 0.1) is 12.5 Å². The molecule has 19 heavy (non-hydrogen) atoms. The van der Waals surface area contributed by atoms with E-state index < -0.39 is 0 Å². The molecule has 1 fully saturated rings. The van der Waals surface area contributed by atoms with Crippen LogP contribution in [0.5, 0.6) is 0 Å². The molecule has 1 aromatic rings. The minimum absolute atomic E-state index is 0.108. The first-order valence-electron chi connectivity index (χ1n) is 6.97. The van der Waals surface area contributed by atoms with Crippen molar-refractivity contribution in [3.8, 4) is 0 Å². The molecule has 0 spiro atoms. The first-order chi connectivity index (χ1) is 9.22. The average molecular weight is 265 g/mol. The smallest absolute Gasteiger partial charge is 0.272 e. The van der Waals surface area contributed by atoms with Crippen molar-refractivity contribution >= 4 is 5.91 Å². The van der Waals surface area contributed by atoms with Gasteiger partial charge in [0.1, 0.15) is 5.69 Å². The van der Waals surface area contributed by atoms with Gasteiger partial charge in [-0.25, -0.2) is 4.98 Å². The van der Waals surface area contributed by atoms with Crippen LogP contribution in [0.25, 0.3) is 0 Å². The molecule has 1 atom stereocenters. The van der Waals surface area contributed by atoms with E-state index in [0.29, 0.717) is 11.6 Å². The molecule has 0 saturated carbocycles. The Morgan fingerprint density at radius 1 is 1.58 bits per heavy atom. The zero-order valence-corrected chi connectivity index (χ0v) is 11.8. The van der Waals surface area contributed by atoms with E-state index in [2.05, 4.69) is 4.98 Å². The number of imidazole rings is 1. The first kappa shape index (κ1) is 14.1. The summed E-state index contributed by atoms with van der Waals surface area (Å²) >= 11 is 0. The Balaban J connectivity index is 1.90. The van der Waals surface area contributed by atoms with Gasteiger partial charge in [0.25, 0.3) is 5.91 Å². The van der Waals surface area contributed by atoms with Crippen LogP contribution in [0.1, 0.15) is 36.2 Å². The normalized spacial score (nSPS) is 19.7. The Morgan fingerprint density at radius 3 is 3.11 bits per heavy atom. The lowest BCUT2D eigenvalue weighted by Gasteiger charge is -2.32. The van der Waals surface area contributed by atoms with Crippen molar-refractivity contribution < 1.29 is 9.53 Å². The van der Waals surface area contributed by atoms with Crippen molar-refractivity contribution in [1.29, 1.82) is 0 Å². The van der Waals surface area contributed by atoms with E-state index in [0.717, 1.165) is 39.0 Å². The van der Waals surface area contributed by atoms with Gasteiger partial charge in [-0.2, -0.15) is 0 Å². The van der Waals surface area contributed by atoms with E-state index in [1.54, 1.807) is 24.2 Å². The van der Waals surface area contributed by atoms with Crippen LogP contribution in [-0.4, -0.2) is 47.2 Å². The molecule has 1 unspecified atom stereocenters. The molecule has 5 heteroatoms. The number of amides is 1. The number of rotatable bonds is 5. The minimum atomic E-state index is 0.108. The second-order valence-electron chi connectivity index (χ2n) is 5.28. The maximum atomic E-state index is 12.4. The lowest BCUT2D eigenvalue weighted by atomic mass is 9.93. The highest BCUT2D eigenvalue weighted by Crippen LogP contribution is 2.22. The van der Waals surface area contributed by atoms with Crippen molar-refractivity contribution in [2.75, 3.05) is 26.8 Å². The Kier molecular flexibility index (Phi) is 4.96. The zero-order valence-electron chi connectivity index (χ0n) is 11.8. The monoisotopic (exact) mass is 265 g/mol. The molecule has 0 N–H and O–H groups in total. The van der Waals surface area contributed by atoms with E-state index in [4.69, 9.17) is 4.74 Å². The summed E-state index contributed by atoms with van der Waals surface area (Å²) in [6, 6.07) is 0. The highest BCUT2D eigenvalue weighted by molar-refractivity contribution is 5.92. The fraction of sp³-hybridized carbons (Fsp3) is 0.714. The van der Waals surface area contributed by atoms with E-state index in [1.807, 2.05) is 11.9 Å². The summed E-state index contributed by atoms with van der Waals surface area (Å²) < 4.78 is 6.88. The molecule has 106 valence electrons. The van der Waals surface area contributed by atoms with Crippen molar-refractivity contribution in [2.24, 2.45) is 13.0 Å². The molecule has 1 saturated heterocycles. The molecule has 0 bridgehead atoms. The van der Waals surface area contributed by atoms with E-state index in [9.17, 15) is 4.79 Å². The summed E-state index contributed by atoms with van der Waals surface area (Å²) in [5.41, 5.74) is 0.678. The van der Waals surface area contributed by atoms with Crippen molar-refractivity contribution in [2.45, 2.75) is 25.7 Å². The molecule has 1 aromatic heterocycles. The Hall–Kier alpha value is -1.36. The standard InChI is InChI=1S/C14H23N3O2/c1-16-11-15-9-13(16)14(18)17-7-3-5-12(10-17)6-4-8-19-2/h9,11-12H,3-8,10H2,1-2H3. The number of aromatic nitrogens is 2. The molecule has 2 rings (SSSR count). The van der Waals surface area contributed by atoms with E-state index in [1.165, 1.54) is 6.42 Å². The number of piperidine rings is 1. The third kappa shape index (κ3) is 3.56. The van der Waals surface area contributed by atoms with E-state index in [-0.39, 0.29) is 5.91 Å². The number of aryl methyl sites for hydroxylation is 1. The molecular weight excluding hydrogens is 242 g/mol. The number of ether oxygens (including phenoxy) is 1. The minimum Gasteiger partial charge on any atom is -0.385 e. The predicted octanol–water partition coefficient (Wildman–Crippen LogP) is 1.70. The zero-order chi connectivity index (χ0) is 13.7. The number of carbonyl (C=O) groups excluding carboxylic acids is 1. The molecule has 0 aromatic carbocycles. The first-order valence-corrected chi connectivity index (χ1v) is 6.97. The van der Waals surface area contributed by atoms with Gasteiger partial charge < -0.3 is 14.2 Å². The Bertz CT molecular complexity index is 417. The van der Waals surface area contributed by atoms with Gasteiger partial charge in [-0.15, -0.1) is 0 Å². The largest absolute Gasteiger partial charge is 0.385 e. The topological polar surface area (TPSA) is 47.4 Å². The number of methoxy groups -OCH3 is 1. The molecule has 1 aliphatic heterocycles. The summed E-state index contributed by atoms with van der Waals surface area (Å²) in [4.78, 5) is 18.4. The summed E-state index contributed by atoms with van der Waals surface area (Å²) in [5, 5.41) is 0. The van der Waals surface area contributed by atoms with Gasteiger partial charge >= 0.3 is 0 Å². The molecule has 1 aliphatic rings. The van der Waals surface area contributed by atoms with Gasteiger partial charge in [-0.3, -0.25) is 4.79 Å². The van der Waals surface area contributed by atoms with Crippen molar-refractivity contribution in [3.05, 3.63) is 18.2 Å². The van der Waals surface area contributed by atoms with Crippen LogP contribution in [0.15, 0.2) is 12.5 Å². The number of hydrogen-bond donors (Lipinski definition) is 0. The van der Waals surface area contributed by atoms with Crippen molar-refractivity contribution in [1.82, 2.24) is 14.5 Å². The second-order valence-corrected chi connectivity index (χ2v) is 5.28. The molecular formula is C14H23N3O2. The van der Waals surface area contributed by atoms with Gasteiger partial charge in [0, 0.05) is 33.9 Å². The number of nitrogens with zero attached hydrogens (tertiary/aromatic N) is 3. The third-order valence-corrected chi connectivity index (χ3v) is 3.80. The molecule has 2 heterocycles.